The van der Waals surface area contributed by atoms with Crippen LogP contribution in [0.2, 0.25) is 0 Å². The van der Waals surface area contributed by atoms with E-state index in [2.05, 4.69) is 53.4 Å². The molecule has 5 rings (SSSR count). The monoisotopic (exact) mass is 392 g/mol. The van der Waals surface area contributed by atoms with E-state index in [-0.39, 0.29) is 12.1 Å². The number of thioether (sulfide) groups is 1. The van der Waals surface area contributed by atoms with Gasteiger partial charge in [-0.1, -0.05) is 24.8 Å². The number of hydrogen-bond acceptors (Lipinski definition) is 5. The molecule has 3 aromatic rings. The van der Waals surface area contributed by atoms with Crippen molar-refractivity contribution in [3.05, 3.63) is 77.3 Å². The van der Waals surface area contributed by atoms with Gasteiger partial charge in [0.2, 0.25) is 0 Å². The number of aliphatic imine (C=N–C) groups is 1. The summed E-state index contributed by atoms with van der Waals surface area (Å²) in [4.78, 5) is 12.2. The molecule has 1 saturated heterocycles. The van der Waals surface area contributed by atoms with E-state index < -0.39 is 0 Å². The molecule has 3 atom stereocenters. The van der Waals surface area contributed by atoms with Crippen molar-refractivity contribution in [2.45, 2.75) is 44.6 Å². The summed E-state index contributed by atoms with van der Waals surface area (Å²) < 4.78 is 7.93. The van der Waals surface area contributed by atoms with Crippen LogP contribution < -0.4 is 0 Å². The molecule has 0 bridgehead atoms. The van der Waals surface area contributed by atoms with Crippen LogP contribution in [0.4, 0.5) is 0 Å². The van der Waals surface area contributed by atoms with Gasteiger partial charge in [-0.3, -0.25) is 9.98 Å². The normalized spacial score (nSPS) is 23.9. The molecule has 3 aromatic heterocycles. The molecule has 5 heterocycles. The number of hydrogen-bond donors (Lipinski definition) is 0. The highest BCUT2D eigenvalue weighted by Gasteiger charge is 2.44. The Morgan fingerprint density at radius 1 is 1.21 bits per heavy atom. The summed E-state index contributed by atoms with van der Waals surface area (Å²) in [6, 6.07) is 12.6. The van der Waals surface area contributed by atoms with Crippen molar-refractivity contribution in [1.29, 1.82) is 0 Å². The molecule has 2 aliphatic rings. The van der Waals surface area contributed by atoms with Gasteiger partial charge in [-0.25, -0.2) is 0 Å². The second kappa shape index (κ2) is 6.85. The Bertz CT molecular complexity index is 1010. The Hall–Kier alpha value is -2.47. The SMILES string of the molecule is Cc1cc(C2C(c3ccccn3)N=C3SC(C)CN32)c(C)n1Cc1ccco1. The summed E-state index contributed by atoms with van der Waals surface area (Å²) in [6.45, 7) is 8.45. The zero-order chi connectivity index (χ0) is 19.3. The highest BCUT2D eigenvalue weighted by molar-refractivity contribution is 8.14. The van der Waals surface area contributed by atoms with Crippen molar-refractivity contribution < 1.29 is 4.42 Å². The fourth-order valence-electron chi connectivity index (χ4n) is 4.38. The van der Waals surface area contributed by atoms with Gasteiger partial charge < -0.3 is 13.9 Å². The third-order valence-electron chi connectivity index (χ3n) is 5.71. The first-order valence-electron chi connectivity index (χ1n) is 9.73. The minimum atomic E-state index is 0.0359. The first-order valence-corrected chi connectivity index (χ1v) is 10.6. The predicted molar refractivity (Wildman–Crippen MR) is 113 cm³/mol. The lowest BCUT2D eigenvalue weighted by molar-refractivity contribution is 0.320. The second-order valence-electron chi connectivity index (χ2n) is 7.63. The van der Waals surface area contributed by atoms with E-state index in [1.807, 2.05) is 36.2 Å². The molecule has 0 saturated carbocycles. The van der Waals surface area contributed by atoms with Gasteiger partial charge in [-0.15, -0.1) is 0 Å². The van der Waals surface area contributed by atoms with E-state index >= 15 is 0 Å². The highest BCUT2D eigenvalue weighted by atomic mass is 32.2. The van der Waals surface area contributed by atoms with E-state index in [1.165, 1.54) is 17.0 Å². The van der Waals surface area contributed by atoms with Crippen LogP contribution in [0.3, 0.4) is 0 Å². The van der Waals surface area contributed by atoms with Crippen LogP contribution in [0, 0.1) is 13.8 Å². The van der Waals surface area contributed by atoms with Crippen LogP contribution in [0.25, 0.3) is 0 Å². The standard InChI is InChI=1S/C22H24N4OS/c1-14-11-18(16(3)25(14)13-17-7-6-10-27-17)21-20(19-8-4-5-9-23-19)24-22-26(21)12-15(2)28-22/h4-11,15,20-21H,12-13H2,1-3H3. The van der Waals surface area contributed by atoms with Crippen molar-refractivity contribution in [2.24, 2.45) is 4.99 Å². The quantitative estimate of drug-likeness (QED) is 0.644. The molecule has 0 aromatic carbocycles. The van der Waals surface area contributed by atoms with E-state index in [0.717, 1.165) is 29.7 Å². The number of fused-ring (bicyclic) bond motifs is 1. The second-order valence-corrected chi connectivity index (χ2v) is 9.03. The fraction of sp³-hybridized carbons (Fsp3) is 0.364. The molecule has 6 heteroatoms. The maximum Gasteiger partial charge on any atom is 0.160 e. The number of pyridine rings is 1. The number of aryl methyl sites for hydroxylation is 1. The van der Waals surface area contributed by atoms with E-state index in [0.29, 0.717) is 5.25 Å². The van der Waals surface area contributed by atoms with Crippen LogP contribution in [-0.2, 0) is 6.54 Å². The maximum absolute atomic E-state index is 5.59. The zero-order valence-electron chi connectivity index (χ0n) is 16.4. The molecule has 0 aliphatic carbocycles. The smallest absolute Gasteiger partial charge is 0.160 e. The number of rotatable bonds is 4. The van der Waals surface area contributed by atoms with Gasteiger partial charge in [0.1, 0.15) is 11.8 Å². The molecule has 0 spiro atoms. The molecular weight excluding hydrogens is 368 g/mol. The molecule has 3 unspecified atom stereocenters. The van der Waals surface area contributed by atoms with Crippen LogP contribution in [0.5, 0.6) is 0 Å². The third kappa shape index (κ3) is 2.87. The largest absolute Gasteiger partial charge is 0.467 e. The molecule has 144 valence electrons. The molecule has 5 nitrogen and oxygen atoms in total. The van der Waals surface area contributed by atoms with Gasteiger partial charge in [0.15, 0.2) is 5.17 Å². The number of aromatic nitrogens is 2. The van der Waals surface area contributed by atoms with E-state index in [1.54, 1.807) is 6.26 Å². The Morgan fingerprint density at radius 3 is 2.86 bits per heavy atom. The number of furan rings is 1. The van der Waals surface area contributed by atoms with Crippen molar-refractivity contribution in [2.75, 3.05) is 6.54 Å². The van der Waals surface area contributed by atoms with Gasteiger partial charge >= 0.3 is 0 Å². The van der Waals surface area contributed by atoms with Gasteiger partial charge in [-0.05, 0) is 49.7 Å². The average Bonchev–Trinajstić information content (AvgIpc) is 3.44. The third-order valence-corrected chi connectivity index (χ3v) is 6.81. The Kier molecular flexibility index (Phi) is 4.31. The first kappa shape index (κ1) is 17.6. The summed E-state index contributed by atoms with van der Waals surface area (Å²) in [6.07, 6.45) is 3.60. The van der Waals surface area contributed by atoms with Crippen molar-refractivity contribution in [1.82, 2.24) is 14.5 Å². The molecular formula is C22H24N4OS. The maximum atomic E-state index is 5.59. The number of nitrogens with zero attached hydrogens (tertiary/aromatic N) is 4. The lowest BCUT2D eigenvalue weighted by Gasteiger charge is -2.27. The number of amidine groups is 1. The minimum Gasteiger partial charge on any atom is -0.467 e. The Labute approximate surface area is 169 Å². The topological polar surface area (TPSA) is 46.6 Å². The van der Waals surface area contributed by atoms with Gasteiger partial charge in [-0.2, -0.15) is 0 Å². The molecule has 0 radical (unpaired) electrons. The first-order chi connectivity index (χ1) is 13.6. The van der Waals surface area contributed by atoms with Crippen LogP contribution in [-0.4, -0.2) is 31.4 Å². The van der Waals surface area contributed by atoms with Gasteiger partial charge in [0.05, 0.1) is 24.5 Å². The van der Waals surface area contributed by atoms with Crippen LogP contribution in [0.1, 0.15) is 47.4 Å². The summed E-state index contributed by atoms with van der Waals surface area (Å²) in [5, 5.41) is 1.72. The van der Waals surface area contributed by atoms with Crippen LogP contribution in [0.15, 0.2) is 58.3 Å². The van der Waals surface area contributed by atoms with Crippen molar-refractivity contribution in [3.63, 3.8) is 0 Å². The lowest BCUT2D eigenvalue weighted by atomic mass is 9.96. The molecule has 0 N–H and O–H groups in total. The Balaban J connectivity index is 1.56. The minimum absolute atomic E-state index is 0.0359. The summed E-state index contributed by atoms with van der Waals surface area (Å²) in [5.74, 6) is 0.975. The van der Waals surface area contributed by atoms with Gasteiger partial charge in [0.25, 0.3) is 0 Å². The van der Waals surface area contributed by atoms with Crippen molar-refractivity contribution in [3.8, 4) is 0 Å². The molecule has 1 fully saturated rings. The summed E-state index contributed by atoms with van der Waals surface area (Å²) in [5.41, 5.74) is 4.91. The predicted octanol–water partition coefficient (Wildman–Crippen LogP) is 4.73. The van der Waals surface area contributed by atoms with E-state index in [4.69, 9.17) is 9.41 Å². The highest BCUT2D eigenvalue weighted by Crippen LogP contribution is 2.48. The Morgan fingerprint density at radius 2 is 2.11 bits per heavy atom. The average molecular weight is 393 g/mol. The fourth-order valence-corrected chi connectivity index (χ4v) is 5.48. The molecule has 28 heavy (non-hydrogen) atoms. The molecule has 0 amide bonds. The van der Waals surface area contributed by atoms with Gasteiger partial charge in [0, 0.05) is 29.4 Å². The van der Waals surface area contributed by atoms with Crippen LogP contribution >= 0.6 is 11.8 Å². The van der Waals surface area contributed by atoms with Crippen molar-refractivity contribution >= 4 is 16.9 Å². The lowest BCUT2D eigenvalue weighted by Crippen LogP contribution is -2.29. The summed E-state index contributed by atoms with van der Waals surface area (Å²) >= 11 is 1.88. The van der Waals surface area contributed by atoms with E-state index in [9.17, 15) is 0 Å². The zero-order valence-corrected chi connectivity index (χ0v) is 17.2. The molecule has 2 aliphatic heterocycles. The summed E-state index contributed by atoms with van der Waals surface area (Å²) in [7, 11) is 0.